The van der Waals surface area contributed by atoms with E-state index < -0.39 is 6.04 Å². The van der Waals surface area contributed by atoms with Gasteiger partial charge in [0.1, 0.15) is 6.04 Å². The second-order valence-electron chi connectivity index (χ2n) is 4.68. The lowest BCUT2D eigenvalue weighted by molar-refractivity contribution is -0.135. The maximum absolute atomic E-state index is 12.3. The van der Waals surface area contributed by atoms with Gasteiger partial charge in [-0.1, -0.05) is 30.3 Å². The van der Waals surface area contributed by atoms with Crippen molar-refractivity contribution < 1.29 is 9.53 Å². The second-order valence-corrected chi connectivity index (χ2v) is 4.68. The highest BCUT2D eigenvalue weighted by Gasteiger charge is 2.26. The van der Waals surface area contributed by atoms with Crippen molar-refractivity contribution in [3.8, 4) is 0 Å². The minimum absolute atomic E-state index is 0.0203. The number of ether oxygens (including phenoxy) is 1. The third kappa shape index (κ3) is 2.89. The van der Waals surface area contributed by atoms with Crippen molar-refractivity contribution in [3.05, 3.63) is 35.9 Å². The molecule has 0 aliphatic carbocycles. The molecule has 18 heavy (non-hydrogen) atoms. The van der Waals surface area contributed by atoms with Crippen LogP contribution in [0.15, 0.2) is 30.3 Å². The number of hydrogen-bond acceptors (Lipinski definition) is 3. The summed E-state index contributed by atoms with van der Waals surface area (Å²) >= 11 is 0. The van der Waals surface area contributed by atoms with Crippen LogP contribution in [-0.2, 0) is 9.53 Å². The van der Waals surface area contributed by atoms with Crippen molar-refractivity contribution in [1.82, 2.24) is 4.90 Å². The standard InChI is InChI=1S/C14H20N2O2/c1-16(12-7-9-18-10-8-12)14(17)13(15)11-5-3-2-4-6-11/h2-6,12-13H,7-10,15H2,1H3/t13-/m0/s1. The first-order chi connectivity index (χ1) is 8.70. The van der Waals surface area contributed by atoms with Gasteiger partial charge in [0.05, 0.1) is 0 Å². The second kappa shape index (κ2) is 5.98. The highest BCUT2D eigenvalue weighted by molar-refractivity contribution is 5.83. The first-order valence-electron chi connectivity index (χ1n) is 6.35. The Morgan fingerprint density at radius 3 is 2.56 bits per heavy atom. The lowest BCUT2D eigenvalue weighted by Crippen LogP contribution is -2.44. The molecule has 4 heteroatoms. The van der Waals surface area contributed by atoms with Crippen molar-refractivity contribution in [3.63, 3.8) is 0 Å². The van der Waals surface area contributed by atoms with Crippen LogP contribution in [0.25, 0.3) is 0 Å². The minimum Gasteiger partial charge on any atom is -0.381 e. The van der Waals surface area contributed by atoms with Crippen LogP contribution in [0.5, 0.6) is 0 Å². The van der Waals surface area contributed by atoms with Crippen LogP contribution < -0.4 is 5.73 Å². The molecule has 1 amide bonds. The third-order valence-electron chi connectivity index (χ3n) is 3.51. The molecule has 1 aliphatic heterocycles. The molecular weight excluding hydrogens is 228 g/mol. The predicted octanol–water partition coefficient (Wildman–Crippen LogP) is 1.32. The number of hydrogen-bond donors (Lipinski definition) is 1. The molecule has 1 heterocycles. The molecular formula is C14H20N2O2. The molecule has 0 bridgehead atoms. The van der Waals surface area contributed by atoms with E-state index in [2.05, 4.69) is 0 Å². The molecule has 0 radical (unpaired) electrons. The summed E-state index contributed by atoms with van der Waals surface area (Å²) in [7, 11) is 1.83. The third-order valence-corrected chi connectivity index (χ3v) is 3.51. The average molecular weight is 248 g/mol. The Kier molecular flexibility index (Phi) is 4.33. The van der Waals surface area contributed by atoms with Gasteiger partial charge >= 0.3 is 0 Å². The van der Waals surface area contributed by atoms with E-state index in [0.29, 0.717) is 0 Å². The Morgan fingerprint density at radius 2 is 1.94 bits per heavy atom. The van der Waals surface area contributed by atoms with E-state index in [1.807, 2.05) is 37.4 Å². The van der Waals surface area contributed by atoms with Gasteiger partial charge in [-0.2, -0.15) is 0 Å². The van der Waals surface area contributed by atoms with E-state index in [1.165, 1.54) is 0 Å². The van der Waals surface area contributed by atoms with Crippen LogP contribution in [0.4, 0.5) is 0 Å². The summed E-state index contributed by atoms with van der Waals surface area (Å²) < 4.78 is 5.31. The van der Waals surface area contributed by atoms with Gasteiger partial charge < -0.3 is 15.4 Å². The van der Waals surface area contributed by atoms with Gasteiger partial charge in [-0.3, -0.25) is 4.79 Å². The fourth-order valence-electron chi connectivity index (χ4n) is 2.27. The van der Waals surface area contributed by atoms with Gasteiger partial charge in [-0.15, -0.1) is 0 Å². The zero-order valence-corrected chi connectivity index (χ0v) is 10.7. The van der Waals surface area contributed by atoms with Crippen LogP contribution in [-0.4, -0.2) is 37.1 Å². The fourth-order valence-corrected chi connectivity index (χ4v) is 2.27. The van der Waals surface area contributed by atoms with Crippen molar-refractivity contribution >= 4 is 5.91 Å². The van der Waals surface area contributed by atoms with Gasteiger partial charge in [0.25, 0.3) is 0 Å². The highest BCUT2D eigenvalue weighted by Crippen LogP contribution is 2.18. The zero-order chi connectivity index (χ0) is 13.0. The molecule has 0 saturated carbocycles. The molecule has 0 aromatic heterocycles. The number of carbonyl (C=O) groups excluding carboxylic acids is 1. The number of nitrogens with two attached hydrogens (primary N) is 1. The number of benzene rings is 1. The molecule has 2 rings (SSSR count). The lowest BCUT2D eigenvalue weighted by atomic mass is 10.0. The van der Waals surface area contributed by atoms with E-state index in [9.17, 15) is 4.79 Å². The summed E-state index contributed by atoms with van der Waals surface area (Å²) in [6.45, 7) is 1.45. The van der Waals surface area contributed by atoms with Gasteiger partial charge in [0, 0.05) is 26.3 Å². The number of amides is 1. The summed E-state index contributed by atoms with van der Waals surface area (Å²) in [5.74, 6) is -0.0203. The van der Waals surface area contributed by atoms with Crippen LogP contribution in [0.3, 0.4) is 0 Å². The summed E-state index contributed by atoms with van der Waals surface area (Å²) in [6.07, 6.45) is 1.79. The summed E-state index contributed by atoms with van der Waals surface area (Å²) in [5, 5.41) is 0. The SMILES string of the molecule is CN(C(=O)[C@@H](N)c1ccccc1)C1CCOCC1. The Bertz CT molecular complexity index is 388. The Hall–Kier alpha value is -1.39. The van der Waals surface area contributed by atoms with Crippen molar-refractivity contribution in [2.24, 2.45) is 5.73 Å². The number of rotatable bonds is 3. The number of likely N-dealkylation sites (N-methyl/N-ethyl adjacent to an activating group) is 1. The quantitative estimate of drug-likeness (QED) is 0.878. The summed E-state index contributed by atoms with van der Waals surface area (Å²) in [4.78, 5) is 14.1. The van der Waals surface area contributed by atoms with Gasteiger partial charge in [-0.25, -0.2) is 0 Å². The van der Waals surface area contributed by atoms with Crippen LogP contribution in [0.2, 0.25) is 0 Å². The maximum atomic E-state index is 12.3. The maximum Gasteiger partial charge on any atom is 0.244 e. The Balaban J connectivity index is 2.01. The van der Waals surface area contributed by atoms with Crippen molar-refractivity contribution in [2.45, 2.75) is 24.9 Å². The topological polar surface area (TPSA) is 55.6 Å². The number of carbonyl (C=O) groups is 1. The monoisotopic (exact) mass is 248 g/mol. The summed E-state index contributed by atoms with van der Waals surface area (Å²) in [6, 6.07) is 9.18. The first kappa shape index (κ1) is 13.1. The molecule has 1 aromatic rings. The van der Waals surface area contributed by atoms with E-state index in [-0.39, 0.29) is 11.9 Å². The first-order valence-corrected chi connectivity index (χ1v) is 6.35. The van der Waals surface area contributed by atoms with Crippen molar-refractivity contribution in [1.29, 1.82) is 0 Å². The smallest absolute Gasteiger partial charge is 0.244 e. The predicted molar refractivity (Wildman–Crippen MR) is 70.0 cm³/mol. The highest BCUT2D eigenvalue weighted by atomic mass is 16.5. The fraction of sp³-hybridized carbons (Fsp3) is 0.500. The van der Waals surface area contributed by atoms with Crippen molar-refractivity contribution in [2.75, 3.05) is 20.3 Å². The van der Waals surface area contributed by atoms with Gasteiger partial charge in [0.15, 0.2) is 0 Å². The van der Waals surface area contributed by atoms with E-state index in [1.54, 1.807) is 4.90 Å². The molecule has 0 unspecified atom stereocenters. The molecule has 0 spiro atoms. The lowest BCUT2D eigenvalue weighted by Gasteiger charge is -2.32. The molecule has 1 saturated heterocycles. The molecule has 98 valence electrons. The minimum atomic E-state index is -0.570. The molecule has 2 N–H and O–H groups in total. The normalized spacial score (nSPS) is 18.3. The summed E-state index contributed by atoms with van der Waals surface area (Å²) in [5.41, 5.74) is 6.89. The molecule has 4 nitrogen and oxygen atoms in total. The zero-order valence-electron chi connectivity index (χ0n) is 10.7. The van der Waals surface area contributed by atoms with E-state index in [0.717, 1.165) is 31.6 Å². The van der Waals surface area contributed by atoms with Gasteiger partial charge in [-0.05, 0) is 18.4 Å². The van der Waals surface area contributed by atoms with Crippen LogP contribution in [0.1, 0.15) is 24.4 Å². The van der Waals surface area contributed by atoms with Crippen LogP contribution >= 0.6 is 0 Å². The molecule has 1 fully saturated rings. The van der Waals surface area contributed by atoms with E-state index in [4.69, 9.17) is 10.5 Å². The average Bonchev–Trinajstić information content (AvgIpc) is 2.47. The molecule has 1 atom stereocenters. The molecule has 1 aromatic carbocycles. The Labute approximate surface area is 108 Å². The largest absolute Gasteiger partial charge is 0.381 e. The van der Waals surface area contributed by atoms with Crippen LogP contribution in [0, 0.1) is 0 Å². The number of nitrogens with zero attached hydrogens (tertiary/aromatic N) is 1. The Morgan fingerprint density at radius 1 is 1.33 bits per heavy atom. The van der Waals surface area contributed by atoms with Gasteiger partial charge in [0.2, 0.25) is 5.91 Å². The van der Waals surface area contributed by atoms with E-state index >= 15 is 0 Å². The molecule has 1 aliphatic rings.